The lowest BCUT2D eigenvalue weighted by molar-refractivity contribution is -0.121. The number of halogens is 2. The van der Waals surface area contributed by atoms with Gasteiger partial charge in [0.25, 0.3) is 0 Å². The zero-order chi connectivity index (χ0) is 32.4. The minimum absolute atomic E-state index is 0.00176. The van der Waals surface area contributed by atoms with Gasteiger partial charge in [0.15, 0.2) is 0 Å². The van der Waals surface area contributed by atoms with Crippen LogP contribution in [0.5, 0.6) is 5.75 Å². The first-order chi connectivity index (χ1) is 22.2. The van der Waals surface area contributed by atoms with Crippen molar-refractivity contribution in [2.45, 2.75) is 44.2 Å². The Morgan fingerprint density at radius 2 is 1.74 bits per heavy atom. The number of anilines is 1. The number of nitrogens with one attached hydrogen (secondary N) is 2. The summed E-state index contributed by atoms with van der Waals surface area (Å²) >= 11 is 12.4. The number of amides is 3. The number of aromatic nitrogens is 1. The van der Waals surface area contributed by atoms with Crippen molar-refractivity contribution < 1.29 is 14.3 Å². The fraction of sp³-hybridized carbons (Fsp3) is 0.389. The number of para-hydroxylation sites is 1. The van der Waals surface area contributed by atoms with E-state index < -0.39 is 6.04 Å². The summed E-state index contributed by atoms with van der Waals surface area (Å²) in [5, 5.41) is 5.55. The van der Waals surface area contributed by atoms with Crippen LogP contribution in [-0.4, -0.2) is 79.1 Å². The number of piperidine rings is 1. The normalized spacial score (nSPS) is 18.3. The van der Waals surface area contributed by atoms with Crippen molar-refractivity contribution in [3.8, 4) is 5.75 Å². The van der Waals surface area contributed by atoms with Gasteiger partial charge < -0.3 is 29.7 Å². The molecule has 6 rings (SSSR count). The van der Waals surface area contributed by atoms with E-state index in [1.807, 2.05) is 92.8 Å². The fourth-order valence-corrected chi connectivity index (χ4v) is 7.21. The summed E-state index contributed by atoms with van der Waals surface area (Å²) in [6, 6.07) is 20.1. The molecule has 10 heteroatoms. The van der Waals surface area contributed by atoms with Crippen LogP contribution in [0.1, 0.15) is 36.8 Å². The number of rotatable bonds is 8. The second-order valence-corrected chi connectivity index (χ2v) is 13.7. The Labute approximate surface area is 280 Å². The number of fused-ring (bicyclic) bond motifs is 2. The second kappa shape index (κ2) is 14.0. The Morgan fingerprint density at radius 1 is 1.02 bits per heavy atom. The van der Waals surface area contributed by atoms with Crippen LogP contribution in [0.25, 0.3) is 10.9 Å². The van der Waals surface area contributed by atoms with Gasteiger partial charge in [-0.25, -0.2) is 4.79 Å². The van der Waals surface area contributed by atoms with Gasteiger partial charge in [0.2, 0.25) is 5.91 Å². The molecule has 242 valence electrons. The van der Waals surface area contributed by atoms with E-state index >= 15 is 0 Å². The van der Waals surface area contributed by atoms with Crippen molar-refractivity contribution in [1.29, 1.82) is 0 Å². The van der Waals surface area contributed by atoms with Crippen LogP contribution in [0.3, 0.4) is 0 Å². The number of H-pyrrole nitrogens is 1. The molecule has 4 aromatic rings. The van der Waals surface area contributed by atoms with Crippen LogP contribution in [0.15, 0.2) is 72.9 Å². The summed E-state index contributed by atoms with van der Waals surface area (Å²) < 4.78 is 6.15. The summed E-state index contributed by atoms with van der Waals surface area (Å²) in [5.74, 6) is 0.563. The first-order valence-electron chi connectivity index (χ1n) is 15.9. The highest BCUT2D eigenvalue weighted by Gasteiger charge is 2.38. The molecule has 2 aliphatic heterocycles. The lowest BCUT2D eigenvalue weighted by Crippen LogP contribution is -2.57. The fourth-order valence-electron chi connectivity index (χ4n) is 6.89. The lowest BCUT2D eigenvalue weighted by Gasteiger charge is -2.39. The van der Waals surface area contributed by atoms with Crippen LogP contribution in [0.4, 0.5) is 10.5 Å². The standard InChI is InChI=1S/C36H41Cl2N5O3/c1-23(31-20-39-32-7-5-4-6-30(31)32)34(35(44)43-22-24(21-41(2)3)18-25-19-27(38)10-13-33(25)43)40-36(45)42-16-14-29(15-17-42)46-28-11-8-26(37)9-12-28/h4-13,19-20,23-24,29,34,39H,14-18,21-22H2,1-3H3,(H,40,45)/t23-,24+,34+/m0/s1. The average Bonchev–Trinajstić information content (AvgIpc) is 3.48. The molecule has 1 saturated heterocycles. The third-order valence-electron chi connectivity index (χ3n) is 9.17. The zero-order valence-corrected chi connectivity index (χ0v) is 28.0. The highest BCUT2D eigenvalue weighted by molar-refractivity contribution is 6.31. The van der Waals surface area contributed by atoms with E-state index in [1.165, 1.54) is 0 Å². The van der Waals surface area contributed by atoms with E-state index in [4.69, 9.17) is 27.9 Å². The molecule has 0 bridgehead atoms. The van der Waals surface area contributed by atoms with Gasteiger partial charge >= 0.3 is 6.03 Å². The average molecular weight is 663 g/mol. The molecule has 0 aliphatic carbocycles. The number of likely N-dealkylation sites (tertiary alicyclic amines) is 1. The van der Waals surface area contributed by atoms with Crippen molar-refractivity contribution in [2.75, 3.05) is 45.2 Å². The Morgan fingerprint density at radius 3 is 2.48 bits per heavy atom. The van der Waals surface area contributed by atoms with E-state index in [9.17, 15) is 9.59 Å². The Kier molecular flexibility index (Phi) is 9.78. The summed E-state index contributed by atoms with van der Waals surface area (Å²) in [7, 11) is 4.09. The molecule has 8 nitrogen and oxygen atoms in total. The van der Waals surface area contributed by atoms with E-state index in [2.05, 4.69) is 21.3 Å². The van der Waals surface area contributed by atoms with Crippen molar-refractivity contribution in [3.63, 3.8) is 0 Å². The first kappa shape index (κ1) is 32.2. The molecule has 0 radical (unpaired) electrons. The number of benzene rings is 3. The van der Waals surface area contributed by atoms with Crippen molar-refractivity contribution in [2.24, 2.45) is 5.92 Å². The number of nitrogens with zero attached hydrogens (tertiary/aromatic N) is 3. The number of ether oxygens (including phenoxy) is 1. The van der Waals surface area contributed by atoms with Gasteiger partial charge in [-0.1, -0.05) is 48.3 Å². The van der Waals surface area contributed by atoms with Crippen molar-refractivity contribution in [1.82, 2.24) is 20.1 Å². The maximum Gasteiger partial charge on any atom is 0.318 e. The molecule has 3 aromatic carbocycles. The van der Waals surface area contributed by atoms with Gasteiger partial charge in [-0.15, -0.1) is 0 Å². The van der Waals surface area contributed by atoms with Crippen LogP contribution in [0.2, 0.25) is 10.0 Å². The first-order valence-corrected chi connectivity index (χ1v) is 16.7. The molecule has 0 saturated carbocycles. The molecule has 2 aliphatic rings. The second-order valence-electron chi connectivity index (χ2n) is 12.8. The zero-order valence-electron chi connectivity index (χ0n) is 26.5. The minimum atomic E-state index is -0.795. The molecule has 3 heterocycles. The monoisotopic (exact) mass is 661 g/mol. The van der Waals surface area contributed by atoms with E-state index in [0.717, 1.165) is 46.4 Å². The smallest absolute Gasteiger partial charge is 0.318 e. The minimum Gasteiger partial charge on any atom is -0.490 e. The molecule has 2 N–H and O–H groups in total. The summed E-state index contributed by atoms with van der Waals surface area (Å²) in [6.45, 7) is 4.48. The number of carbonyl (C=O) groups is 2. The van der Waals surface area contributed by atoms with Gasteiger partial charge in [-0.05, 0) is 86.1 Å². The molecule has 1 aromatic heterocycles. The third kappa shape index (κ3) is 7.14. The van der Waals surface area contributed by atoms with E-state index in [1.54, 1.807) is 4.90 Å². The van der Waals surface area contributed by atoms with Crippen LogP contribution < -0.4 is 15.0 Å². The van der Waals surface area contributed by atoms with Crippen LogP contribution in [0, 0.1) is 5.92 Å². The number of carbonyl (C=O) groups excluding carboxylic acids is 2. The third-order valence-corrected chi connectivity index (χ3v) is 9.66. The van der Waals surface area contributed by atoms with Gasteiger partial charge in [-0.2, -0.15) is 0 Å². The number of hydrogen-bond donors (Lipinski definition) is 2. The number of urea groups is 1. The topological polar surface area (TPSA) is 80.9 Å². The van der Waals surface area contributed by atoms with Gasteiger partial charge in [0, 0.05) is 77.8 Å². The lowest BCUT2D eigenvalue weighted by atomic mass is 9.88. The maximum absolute atomic E-state index is 14.8. The van der Waals surface area contributed by atoms with Crippen molar-refractivity contribution >= 4 is 51.7 Å². The maximum atomic E-state index is 14.8. The molecule has 1 fully saturated rings. The Balaban J connectivity index is 1.24. The predicted molar refractivity (Wildman–Crippen MR) is 185 cm³/mol. The number of aromatic amines is 1. The molecular weight excluding hydrogens is 621 g/mol. The van der Waals surface area contributed by atoms with Gasteiger partial charge in [0.05, 0.1) is 0 Å². The van der Waals surface area contributed by atoms with E-state index in [0.29, 0.717) is 42.5 Å². The van der Waals surface area contributed by atoms with E-state index in [-0.39, 0.29) is 29.9 Å². The highest BCUT2D eigenvalue weighted by atomic mass is 35.5. The Bertz CT molecular complexity index is 1680. The van der Waals surface area contributed by atoms with Crippen molar-refractivity contribution in [3.05, 3.63) is 94.1 Å². The molecular formula is C36H41Cl2N5O3. The SMILES string of the molecule is C[C@@H](c1c[nH]c2ccccc12)[C@@H](NC(=O)N1CCC(Oc2ccc(Cl)cc2)CC1)C(=O)N1C[C@@H](CN(C)C)Cc2cc(Cl)ccc21. The Hall–Kier alpha value is -3.72. The summed E-state index contributed by atoms with van der Waals surface area (Å²) in [4.78, 5) is 37.8. The molecule has 0 unspecified atom stereocenters. The van der Waals surface area contributed by atoms with Crippen LogP contribution in [-0.2, 0) is 11.2 Å². The quantitative estimate of drug-likeness (QED) is 0.214. The predicted octanol–water partition coefficient (Wildman–Crippen LogP) is 6.97. The van der Waals surface area contributed by atoms with Gasteiger partial charge in [-0.3, -0.25) is 4.79 Å². The van der Waals surface area contributed by atoms with Gasteiger partial charge in [0.1, 0.15) is 17.9 Å². The molecule has 46 heavy (non-hydrogen) atoms. The molecule has 0 spiro atoms. The number of hydrogen-bond acceptors (Lipinski definition) is 4. The summed E-state index contributed by atoms with van der Waals surface area (Å²) in [5.41, 5.74) is 3.89. The largest absolute Gasteiger partial charge is 0.490 e. The molecule has 3 atom stereocenters. The highest BCUT2D eigenvalue weighted by Crippen LogP contribution is 2.35. The summed E-state index contributed by atoms with van der Waals surface area (Å²) in [6.07, 6.45) is 4.18. The molecule has 3 amide bonds. The van der Waals surface area contributed by atoms with Crippen LogP contribution >= 0.6 is 23.2 Å².